The van der Waals surface area contributed by atoms with Gasteiger partial charge < -0.3 is 69.3 Å². The van der Waals surface area contributed by atoms with E-state index in [1.54, 1.807) is 6.92 Å². The molecule has 3 aliphatic heterocycles. The van der Waals surface area contributed by atoms with E-state index >= 15 is 0 Å². The maximum Gasteiger partial charge on any atom is 0.187 e. The Bertz CT molecular complexity index is 623. The molecule has 0 saturated carbocycles. The largest absolute Gasteiger partial charge is 0.394 e. The molecular formula is C19H34O14. The van der Waals surface area contributed by atoms with E-state index in [1.165, 1.54) is 14.0 Å². The van der Waals surface area contributed by atoms with Crippen molar-refractivity contribution in [2.24, 2.45) is 0 Å². The molecule has 3 saturated heterocycles. The molecule has 0 radical (unpaired) electrons. The molecule has 33 heavy (non-hydrogen) atoms. The highest BCUT2D eigenvalue weighted by Gasteiger charge is 2.53. The Morgan fingerprint density at radius 3 is 1.67 bits per heavy atom. The Morgan fingerprint density at radius 1 is 0.576 bits per heavy atom. The Hall–Kier alpha value is -0.560. The van der Waals surface area contributed by atoms with E-state index in [4.69, 9.17) is 28.4 Å². The Morgan fingerprint density at radius 2 is 1.09 bits per heavy atom. The predicted molar refractivity (Wildman–Crippen MR) is 103 cm³/mol. The van der Waals surface area contributed by atoms with Gasteiger partial charge in [-0.25, -0.2) is 0 Å². The minimum Gasteiger partial charge on any atom is -0.394 e. The third kappa shape index (κ3) is 5.34. The zero-order chi connectivity index (χ0) is 24.6. The van der Waals surface area contributed by atoms with E-state index < -0.39 is 98.7 Å². The van der Waals surface area contributed by atoms with E-state index in [9.17, 15) is 40.9 Å². The molecule has 194 valence electrons. The van der Waals surface area contributed by atoms with Crippen molar-refractivity contribution in [1.82, 2.24) is 0 Å². The summed E-state index contributed by atoms with van der Waals surface area (Å²) in [6.07, 6.45) is -20.9. The molecule has 0 spiro atoms. The summed E-state index contributed by atoms with van der Waals surface area (Å²) >= 11 is 0. The van der Waals surface area contributed by atoms with Gasteiger partial charge in [0.15, 0.2) is 18.9 Å². The molecule has 0 aromatic heterocycles. The van der Waals surface area contributed by atoms with E-state index in [0.717, 1.165) is 0 Å². The first-order valence-electron chi connectivity index (χ1n) is 10.7. The summed E-state index contributed by atoms with van der Waals surface area (Å²) in [5.41, 5.74) is 0. The van der Waals surface area contributed by atoms with E-state index in [2.05, 4.69) is 0 Å². The van der Waals surface area contributed by atoms with Crippen molar-refractivity contribution >= 4 is 0 Å². The second-order valence-corrected chi connectivity index (χ2v) is 8.52. The number of methoxy groups -OCH3 is 1. The fourth-order valence-corrected chi connectivity index (χ4v) is 4.14. The molecule has 0 aromatic rings. The molecule has 0 aliphatic carbocycles. The molecule has 8 N–H and O–H groups in total. The van der Waals surface area contributed by atoms with Crippen LogP contribution >= 0.6 is 0 Å². The number of hydrogen-bond donors (Lipinski definition) is 8. The minimum absolute atomic E-state index is 0.682. The van der Waals surface area contributed by atoms with Crippen LogP contribution in [0.15, 0.2) is 0 Å². The lowest BCUT2D eigenvalue weighted by Crippen LogP contribution is -2.66. The van der Waals surface area contributed by atoms with E-state index in [0.29, 0.717) is 0 Å². The molecule has 14 heteroatoms. The van der Waals surface area contributed by atoms with Crippen molar-refractivity contribution in [3.8, 4) is 0 Å². The highest BCUT2D eigenvalue weighted by atomic mass is 16.8. The van der Waals surface area contributed by atoms with Gasteiger partial charge in [-0.3, -0.25) is 0 Å². The summed E-state index contributed by atoms with van der Waals surface area (Å²) in [6.45, 7) is 2.34. The highest BCUT2D eigenvalue weighted by molar-refractivity contribution is 4.95. The number of rotatable bonds is 6. The maximum atomic E-state index is 10.8. The second kappa shape index (κ2) is 11.0. The van der Waals surface area contributed by atoms with Crippen LogP contribution in [0.1, 0.15) is 13.8 Å². The third-order valence-corrected chi connectivity index (χ3v) is 6.22. The molecular weight excluding hydrogens is 452 g/mol. The standard InChI is InChI=1S/C19H34O14/c1-5-8(21)10(23)12(25)18(29-5)32-15-6(2)30-17(28-3)14(27)16(15)33-19-13(26)11(24)9(22)7(4-20)31-19/h5-27H,4H2,1-3H3/t5-,6-,7+,8+,9+,10+,11-,12-,13+,14+,15-,16-,17+,18+,19-/m0/s1. The van der Waals surface area contributed by atoms with Crippen molar-refractivity contribution < 1.29 is 69.3 Å². The molecule has 0 amide bonds. The SMILES string of the molecule is CO[C@@H]1O[C@@H](C)[C@H](O[C@H]2O[C@@H](C)[C@@H](O)[C@@H](O)[C@@H]2O)[C@@H](O[C@@H]2O[C@H](CO)[C@@H](O)[C@H](O)[C@H]2O)[C@H]1O. The molecule has 0 aromatic carbocycles. The average molecular weight is 486 g/mol. The van der Waals surface area contributed by atoms with Crippen molar-refractivity contribution in [1.29, 1.82) is 0 Å². The van der Waals surface area contributed by atoms with Gasteiger partial charge in [-0.1, -0.05) is 0 Å². The van der Waals surface area contributed by atoms with Crippen molar-refractivity contribution in [2.75, 3.05) is 13.7 Å². The third-order valence-electron chi connectivity index (χ3n) is 6.22. The first-order valence-corrected chi connectivity index (χ1v) is 10.7. The van der Waals surface area contributed by atoms with Gasteiger partial charge in [0, 0.05) is 7.11 Å². The number of hydrogen-bond acceptors (Lipinski definition) is 14. The number of aliphatic hydroxyl groups is 8. The Kier molecular flexibility index (Phi) is 9.02. The van der Waals surface area contributed by atoms with Crippen LogP contribution in [0.5, 0.6) is 0 Å². The van der Waals surface area contributed by atoms with Gasteiger partial charge in [-0.2, -0.15) is 0 Å². The molecule has 3 heterocycles. The van der Waals surface area contributed by atoms with E-state index in [1.807, 2.05) is 0 Å². The molecule has 15 atom stereocenters. The van der Waals surface area contributed by atoms with Gasteiger partial charge in [0.1, 0.15) is 61.0 Å². The average Bonchev–Trinajstić information content (AvgIpc) is 2.79. The zero-order valence-electron chi connectivity index (χ0n) is 18.4. The summed E-state index contributed by atoms with van der Waals surface area (Å²) in [4.78, 5) is 0. The zero-order valence-corrected chi connectivity index (χ0v) is 18.4. The quantitative estimate of drug-likeness (QED) is 0.177. The summed E-state index contributed by atoms with van der Waals surface area (Å²) in [6, 6.07) is 0. The van der Waals surface area contributed by atoms with Crippen LogP contribution in [0.3, 0.4) is 0 Å². The van der Waals surface area contributed by atoms with Crippen LogP contribution < -0.4 is 0 Å². The summed E-state index contributed by atoms with van der Waals surface area (Å²) in [5.74, 6) is 0. The number of ether oxygens (including phenoxy) is 6. The molecule has 3 aliphatic rings. The molecule has 14 nitrogen and oxygen atoms in total. The molecule has 0 bridgehead atoms. The van der Waals surface area contributed by atoms with Crippen LogP contribution in [0, 0.1) is 0 Å². The minimum atomic E-state index is -1.75. The van der Waals surface area contributed by atoms with Crippen molar-refractivity contribution in [3.63, 3.8) is 0 Å². The lowest BCUT2D eigenvalue weighted by Gasteiger charge is -2.48. The number of aliphatic hydroxyl groups excluding tert-OH is 8. The van der Waals surface area contributed by atoms with Crippen LogP contribution in [0.2, 0.25) is 0 Å². The Labute approximate surface area is 189 Å². The van der Waals surface area contributed by atoms with E-state index in [-0.39, 0.29) is 0 Å². The fourth-order valence-electron chi connectivity index (χ4n) is 4.14. The first kappa shape index (κ1) is 27.0. The highest BCUT2D eigenvalue weighted by Crippen LogP contribution is 2.33. The summed E-state index contributed by atoms with van der Waals surface area (Å²) in [5, 5.41) is 80.8. The van der Waals surface area contributed by atoms with Gasteiger partial charge in [0.2, 0.25) is 0 Å². The van der Waals surface area contributed by atoms with Gasteiger partial charge >= 0.3 is 0 Å². The van der Waals surface area contributed by atoms with Crippen LogP contribution in [-0.4, -0.2) is 147 Å². The van der Waals surface area contributed by atoms with Crippen LogP contribution in [0.4, 0.5) is 0 Å². The molecule has 3 fully saturated rings. The summed E-state index contributed by atoms with van der Waals surface area (Å²) in [7, 11) is 1.28. The van der Waals surface area contributed by atoms with Gasteiger partial charge in [0.05, 0.1) is 18.8 Å². The predicted octanol–water partition coefficient (Wildman–Crippen LogP) is -4.86. The smallest absolute Gasteiger partial charge is 0.187 e. The normalized spacial score (nSPS) is 53.7. The molecule has 3 rings (SSSR count). The van der Waals surface area contributed by atoms with Crippen molar-refractivity contribution in [2.45, 2.75) is 106 Å². The van der Waals surface area contributed by atoms with Crippen molar-refractivity contribution in [3.05, 3.63) is 0 Å². The maximum absolute atomic E-state index is 10.8. The Balaban J connectivity index is 1.82. The fraction of sp³-hybridized carbons (Fsp3) is 1.00. The first-order chi connectivity index (χ1) is 15.5. The molecule has 0 unspecified atom stereocenters. The topological polar surface area (TPSA) is 217 Å². The van der Waals surface area contributed by atoms with Crippen LogP contribution in [0.25, 0.3) is 0 Å². The van der Waals surface area contributed by atoms with Gasteiger partial charge in [-0.05, 0) is 13.8 Å². The lowest BCUT2D eigenvalue weighted by atomic mass is 9.96. The van der Waals surface area contributed by atoms with Crippen LogP contribution in [-0.2, 0) is 28.4 Å². The summed E-state index contributed by atoms with van der Waals surface area (Å²) < 4.78 is 33.0. The monoisotopic (exact) mass is 486 g/mol. The van der Waals surface area contributed by atoms with Gasteiger partial charge in [0.25, 0.3) is 0 Å². The van der Waals surface area contributed by atoms with Gasteiger partial charge in [-0.15, -0.1) is 0 Å². The second-order valence-electron chi connectivity index (χ2n) is 8.52. The lowest BCUT2D eigenvalue weighted by molar-refractivity contribution is -0.381.